The first-order chi connectivity index (χ1) is 10.9. The largest absolute Gasteiger partial charge is 0.494 e. The fraction of sp³-hybridized carbons (Fsp3) is 0.556. The monoisotopic (exact) mass is 321 g/mol. The number of hydrogen-bond donors (Lipinski definition) is 1. The predicted molar refractivity (Wildman–Crippen MR) is 89.6 cm³/mol. The average Bonchev–Trinajstić information content (AvgIpc) is 2.46. The van der Waals surface area contributed by atoms with E-state index >= 15 is 0 Å². The molecule has 0 aliphatic heterocycles. The van der Waals surface area contributed by atoms with Crippen molar-refractivity contribution in [1.82, 2.24) is 4.90 Å². The van der Waals surface area contributed by atoms with Gasteiger partial charge in [0.15, 0.2) is 0 Å². The Hall–Kier alpha value is -2.04. The quantitative estimate of drug-likeness (QED) is 0.672. The number of aryl methyl sites for hydroxylation is 1. The summed E-state index contributed by atoms with van der Waals surface area (Å²) in [5, 5.41) is 8.75. The Balaban J connectivity index is 2.27. The second kappa shape index (κ2) is 9.87. The highest BCUT2D eigenvalue weighted by molar-refractivity contribution is 5.77. The Morgan fingerprint density at radius 2 is 1.96 bits per heavy atom. The molecule has 0 radical (unpaired) electrons. The van der Waals surface area contributed by atoms with E-state index in [1.807, 2.05) is 45.0 Å². The highest BCUT2D eigenvalue weighted by Gasteiger charge is 2.17. The van der Waals surface area contributed by atoms with Gasteiger partial charge < -0.3 is 14.7 Å². The van der Waals surface area contributed by atoms with E-state index in [0.717, 1.165) is 24.2 Å². The molecule has 1 amide bonds. The van der Waals surface area contributed by atoms with Gasteiger partial charge in [0.05, 0.1) is 13.0 Å². The number of nitrogens with zero attached hydrogens (tertiary/aromatic N) is 1. The van der Waals surface area contributed by atoms with Crippen LogP contribution in [0, 0.1) is 6.92 Å². The minimum Gasteiger partial charge on any atom is -0.494 e. The van der Waals surface area contributed by atoms with Crippen LogP contribution in [0.15, 0.2) is 24.3 Å². The van der Waals surface area contributed by atoms with Gasteiger partial charge in [0.1, 0.15) is 5.75 Å². The molecule has 0 aliphatic carbocycles. The minimum absolute atomic E-state index is 0.0109. The van der Waals surface area contributed by atoms with E-state index in [2.05, 4.69) is 0 Å². The van der Waals surface area contributed by atoms with E-state index < -0.39 is 5.97 Å². The zero-order valence-electron chi connectivity index (χ0n) is 14.2. The molecule has 1 N–H and O–H groups in total. The molecule has 0 fully saturated rings. The first kappa shape index (κ1) is 19.0. The molecule has 0 heterocycles. The standard InChI is InChI=1S/C18H27NO4/c1-14(2)19(11-10-18(21)22)17(20)9-4-5-12-23-16-8-6-7-15(3)13-16/h6-8,13-14H,4-5,9-12H2,1-3H3,(H,21,22). The third-order valence-corrected chi connectivity index (χ3v) is 3.55. The van der Waals surface area contributed by atoms with Gasteiger partial charge in [0, 0.05) is 19.0 Å². The van der Waals surface area contributed by atoms with Gasteiger partial charge in [-0.3, -0.25) is 9.59 Å². The van der Waals surface area contributed by atoms with Crippen LogP contribution in [0.1, 0.15) is 45.1 Å². The van der Waals surface area contributed by atoms with Crippen molar-refractivity contribution in [3.63, 3.8) is 0 Å². The molecule has 0 unspecified atom stereocenters. The van der Waals surface area contributed by atoms with Crippen molar-refractivity contribution in [3.8, 4) is 5.75 Å². The van der Waals surface area contributed by atoms with E-state index in [-0.39, 0.29) is 24.9 Å². The zero-order valence-corrected chi connectivity index (χ0v) is 14.2. The highest BCUT2D eigenvalue weighted by Crippen LogP contribution is 2.13. The number of aliphatic carboxylic acids is 1. The van der Waals surface area contributed by atoms with E-state index in [0.29, 0.717) is 13.0 Å². The smallest absolute Gasteiger partial charge is 0.305 e. The van der Waals surface area contributed by atoms with Crippen LogP contribution in [0.5, 0.6) is 5.75 Å². The van der Waals surface area contributed by atoms with Gasteiger partial charge in [-0.15, -0.1) is 0 Å². The summed E-state index contributed by atoms with van der Waals surface area (Å²) in [5.41, 5.74) is 1.16. The number of unbranched alkanes of at least 4 members (excludes halogenated alkanes) is 1. The highest BCUT2D eigenvalue weighted by atomic mass is 16.5. The molecule has 0 aromatic heterocycles. The number of carboxylic acids is 1. The zero-order chi connectivity index (χ0) is 17.2. The summed E-state index contributed by atoms with van der Waals surface area (Å²) in [6, 6.07) is 7.90. The van der Waals surface area contributed by atoms with Crippen molar-refractivity contribution < 1.29 is 19.4 Å². The van der Waals surface area contributed by atoms with E-state index in [1.54, 1.807) is 4.90 Å². The number of carboxylic acid groups (broad SMARTS) is 1. The Bertz CT molecular complexity index is 513. The summed E-state index contributed by atoms with van der Waals surface area (Å²) in [6.45, 7) is 6.67. The molecule has 1 rings (SSSR count). The maximum atomic E-state index is 12.2. The second-order valence-electron chi connectivity index (χ2n) is 5.95. The van der Waals surface area contributed by atoms with Crippen LogP contribution in [-0.2, 0) is 9.59 Å². The fourth-order valence-electron chi connectivity index (χ4n) is 2.30. The third kappa shape index (κ3) is 7.68. The molecule has 0 saturated carbocycles. The molecule has 0 spiro atoms. The van der Waals surface area contributed by atoms with Crippen molar-refractivity contribution in [2.75, 3.05) is 13.2 Å². The lowest BCUT2D eigenvalue weighted by Gasteiger charge is -2.26. The number of rotatable bonds is 10. The molecule has 0 aliphatic rings. The van der Waals surface area contributed by atoms with E-state index in [9.17, 15) is 9.59 Å². The maximum Gasteiger partial charge on any atom is 0.305 e. The summed E-state index contributed by atoms with van der Waals surface area (Å²) in [7, 11) is 0. The molecule has 128 valence electrons. The van der Waals surface area contributed by atoms with Gasteiger partial charge in [-0.1, -0.05) is 12.1 Å². The van der Waals surface area contributed by atoms with Gasteiger partial charge >= 0.3 is 5.97 Å². The second-order valence-corrected chi connectivity index (χ2v) is 5.95. The predicted octanol–water partition coefficient (Wildman–Crippen LogP) is 3.26. The van der Waals surface area contributed by atoms with Gasteiger partial charge in [-0.25, -0.2) is 0 Å². The van der Waals surface area contributed by atoms with Crippen LogP contribution in [-0.4, -0.2) is 41.1 Å². The molecule has 0 saturated heterocycles. The van der Waals surface area contributed by atoms with Crippen LogP contribution in [0.2, 0.25) is 0 Å². The van der Waals surface area contributed by atoms with Crippen molar-refractivity contribution in [3.05, 3.63) is 29.8 Å². The number of amides is 1. The first-order valence-corrected chi connectivity index (χ1v) is 8.11. The molecule has 1 aromatic rings. The van der Waals surface area contributed by atoms with Crippen molar-refractivity contribution >= 4 is 11.9 Å². The fourth-order valence-corrected chi connectivity index (χ4v) is 2.30. The molecule has 1 aromatic carbocycles. The molecular weight excluding hydrogens is 294 g/mol. The maximum absolute atomic E-state index is 12.2. The molecule has 0 bridgehead atoms. The Morgan fingerprint density at radius 3 is 2.57 bits per heavy atom. The molecule has 0 atom stereocenters. The normalized spacial score (nSPS) is 10.6. The number of hydrogen-bond acceptors (Lipinski definition) is 3. The van der Waals surface area contributed by atoms with Crippen LogP contribution in [0.3, 0.4) is 0 Å². The summed E-state index contributed by atoms with van der Waals surface area (Å²) in [6.07, 6.45) is 1.95. The number of carbonyl (C=O) groups excluding carboxylic acids is 1. The lowest BCUT2D eigenvalue weighted by molar-refractivity contribution is -0.139. The topological polar surface area (TPSA) is 66.8 Å². The minimum atomic E-state index is -0.880. The van der Waals surface area contributed by atoms with Gasteiger partial charge in [-0.05, 0) is 51.3 Å². The molecule has 5 heteroatoms. The number of ether oxygens (including phenoxy) is 1. The van der Waals surface area contributed by atoms with Gasteiger partial charge in [0.25, 0.3) is 0 Å². The van der Waals surface area contributed by atoms with Crippen molar-refractivity contribution in [1.29, 1.82) is 0 Å². The summed E-state index contributed by atoms with van der Waals surface area (Å²) >= 11 is 0. The van der Waals surface area contributed by atoms with Crippen molar-refractivity contribution in [2.45, 2.75) is 52.5 Å². The van der Waals surface area contributed by atoms with Crippen molar-refractivity contribution in [2.24, 2.45) is 0 Å². The van der Waals surface area contributed by atoms with Gasteiger partial charge in [-0.2, -0.15) is 0 Å². The number of benzene rings is 1. The molecular formula is C18H27NO4. The average molecular weight is 321 g/mol. The molecule has 23 heavy (non-hydrogen) atoms. The summed E-state index contributed by atoms with van der Waals surface area (Å²) in [4.78, 5) is 24.5. The van der Waals surface area contributed by atoms with E-state index in [4.69, 9.17) is 9.84 Å². The first-order valence-electron chi connectivity index (χ1n) is 8.11. The Labute approximate surface area is 138 Å². The summed E-state index contributed by atoms with van der Waals surface area (Å²) in [5.74, 6) is -0.0200. The Kier molecular flexibility index (Phi) is 8.16. The van der Waals surface area contributed by atoms with Crippen LogP contribution in [0.25, 0.3) is 0 Å². The SMILES string of the molecule is Cc1cccc(OCCCCC(=O)N(CCC(=O)O)C(C)C)c1. The lowest BCUT2D eigenvalue weighted by atomic mass is 10.2. The Morgan fingerprint density at radius 1 is 1.22 bits per heavy atom. The number of carbonyl (C=O) groups is 2. The lowest BCUT2D eigenvalue weighted by Crippen LogP contribution is -2.38. The van der Waals surface area contributed by atoms with Crippen LogP contribution < -0.4 is 4.74 Å². The van der Waals surface area contributed by atoms with Crippen LogP contribution in [0.4, 0.5) is 0 Å². The summed E-state index contributed by atoms with van der Waals surface area (Å²) < 4.78 is 5.65. The third-order valence-electron chi connectivity index (χ3n) is 3.55. The van der Waals surface area contributed by atoms with Gasteiger partial charge in [0.2, 0.25) is 5.91 Å². The van der Waals surface area contributed by atoms with Crippen LogP contribution >= 0.6 is 0 Å². The molecule has 5 nitrogen and oxygen atoms in total. The van der Waals surface area contributed by atoms with E-state index in [1.165, 1.54) is 0 Å².